The number of fused-ring (bicyclic) bond motifs is 3. The molecule has 0 aromatic carbocycles. The van der Waals surface area contributed by atoms with Crippen LogP contribution in [0.2, 0.25) is 0 Å². The summed E-state index contributed by atoms with van der Waals surface area (Å²) in [5, 5.41) is 1.12. The second-order valence-electron chi connectivity index (χ2n) is 5.65. The summed E-state index contributed by atoms with van der Waals surface area (Å²) in [4.78, 5) is 41.2. The van der Waals surface area contributed by atoms with E-state index in [4.69, 9.17) is 14.3 Å². The van der Waals surface area contributed by atoms with Crippen LogP contribution in [0.1, 0.15) is 27.2 Å². The maximum Gasteiger partial charge on any atom is 0.345 e. The number of esters is 2. The van der Waals surface area contributed by atoms with Gasteiger partial charge in [0.1, 0.15) is 0 Å². The minimum Gasteiger partial charge on any atom is -0.421 e. The third-order valence-corrected chi connectivity index (χ3v) is 3.77. The van der Waals surface area contributed by atoms with Crippen molar-refractivity contribution in [3.05, 3.63) is 12.2 Å². The van der Waals surface area contributed by atoms with Gasteiger partial charge in [0.05, 0.1) is 6.04 Å². The van der Waals surface area contributed by atoms with Gasteiger partial charge in [-0.05, 0) is 6.42 Å². The number of hydrogen-bond acceptors (Lipinski definition) is 7. The number of rotatable bonds is 1. The number of carbonyl (C=O) groups excluding carboxylic acids is 3. The normalized spacial score (nSPS) is 33.1. The maximum absolute atomic E-state index is 12.4. The Labute approximate surface area is 115 Å². The Bertz CT molecular complexity index is 517. The average Bonchev–Trinajstić information content (AvgIpc) is 2.84. The summed E-state index contributed by atoms with van der Waals surface area (Å²) >= 11 is 0. The highest BCUT2D eigenvalue weighted by atomic mass is 16.8. The van der Waals surface area contributed by atoms with Gasteiger partial charge < -0.3 is 14.3 Å². The van der Waals surface area contributed by atoms with Gasteiger partial charge in [0.25, 0.3) is 11.3 Å². The molecule has 2 heterocycles. The topological polar surface area (TPSA) is 82.1 Å². The van der Waals surface area contributed by atoms with Crippen molar-refractivity contribution in [1.29, 1.82) is 0 Å². The Morgan fingerprint density at radius 1 is 1.30 bits per heavy atom. The predicted octanol–water partition coefficient (Wildman–Crippen LogP) is 0.300. The minimum atomic E-state index is -1.71. The fourth-order valence-corrected chi connectivity index (χ4v) is 3.06. The molecule has 2 aliphatic heterocycles. The van der Waals surface area contributed by atoms with Gasteiger partial charge in [0.2, 0.25) is 0 Å². The highest BCUT2D eigenvalue weighted by Gasteiger charge is 2.71. The van der Waals surface area contributed by atoms with Crippen LogP contribution in [0, 0.1) is 5.92 Å². The Balaban J connectivity index is 2.05. The van der Waals surface area contributed by atoms with Gasteiger partial charge in [-0.15, -0.1) is 5.06 Å². The van der Waals surface area contributed by atoms with E-state index in [1.807, 2.05) is 0 Å². The average molecular weight is 281 g/mol. The summed E-state index contributed by atoms with van der Waals surface area (Å²) in [6.45, 7) is 4.18. The van der Waals surface area contributed by atoms with Crippen LogP contribution >= 0.6 is 0 Å². The van der Waals surface area contributed by atoms with Crippen molar-refractivity contribution in [2.24, 2.45) is 5.92 Å². The third kappa shape index (κ3) is 1.53. The van der Waals surface area contributed by atoms with E-state index < -0.39 is 35.2 Å². The number of cyclic esters (lactones) is 2. The molecule has 2 saturated heterocycles. The lowest BCUT2D eigenvalue weighted by Gasteiger charge is -2.44. The molecule has 2 bridgehead atoms. The van der Waals surface area contributed by atoms with Crippen LogP contribution in [-0.4, -0.2) is 40.3 Å². The van der Waals surface area contributed by atoms with Gasteiger partial charge in [-0.3, -0.25) is 4.79 Å². The zero-order valence-corrected chi connectivity index (χ0v) is 11.4. The number of ether oxygens (including phenoxy) is 2. The maximum atomic E-state index is 12.4. The molecule has 0 radical (unpaired) electrons. The van der Waals surface area contributed by atoms with E-state index in [9.17, 15) is 14.4 Å². The van der Waals surface area contributed by atoms with Crippen LogP contribution in [0.3, 0.4) is 0 Å². The first-order valence-corrected chi connectivity index (χ1v) is 6.40. The molecular formula is C13H15NO6. The van der Waals surface area contributed by atoms with Gasteiger partial charge in [-0.2, -0.15) is 0 Å². The molecule has 0 saturated carbocycles. The van der Waals surface area contributed by atoms with E-state index in [0.29, 0.717) is 6.42 Å². The third-order valence-electron chi connectivity index (χ3n) is 3.77. The van der Waals surface area contributed by atoms with Gasteiger partial charge in [0, 0.05) is 26.7 Å². The summed E-state index contributed by atoms with van der Waals surface area (Å²) in [6.07, 6.45) is 4.09. The fourth-order valence-electron chi connectivity index (χ4n) is 3.06. The van der Waals surface area contributed by atoms with Crippen molar-refractivity contribution in [3.63, 3.8) is 0 Å². The molecule has 20 heavy (non-hydrogen) atoms. The van der Waals surface area contributed by atoms with Crippen molar-refractivity contribution in [1.82, 2.24) is 5.06 Å². The molecule has 0 aromatic rings. The van der Waals surface area contributed by atoms with Gasteiger partial charge in [-0.1, -0.05) is 12.2 Å². The van der Waals surface area contributed by atoms with Crippen molar-refractivity contribution < 1.29 is 28.7 Å². The van der Waals surface area contributed by atoms with E-state index in [1.165, 1.54) is 20.8 Å². The van der Waals surface area contributed by atoms with Crippen LogP contribution in [-0.2, 0) is 28.7 Å². The van der Waals surface area contributed by atoms with Crippen molar-refractivity contribution in [2.75, 3.05) is 0 Å². The van der Waals surface area contributed by atoms with Crippen molar-refractivity contribution >= 4 is 17.9 Å². The lowest BCUT2D eigenvalue weighted by atomic mass is 9.85. The highest BCUT2D eigenvalue weighted by Crippen LogP contribution is 2.49. The van der Waals surface area contributed by atoms with Crippen LogP contribution < -0.4 is 0 Å². The number of nitrogens with zero attached hydrogens (tertiary/aromatic N) is 1. The molecular weight excluding hydrogens is 266 g/mol. The smallest absolute Gasteiger partial charge is 0.345 e. The summed E-state index contributed by atoms with van der Waals surface area (Å²) in [5.74, 6) is -3.81. The molecule has 3 aliphatic rings. The molecule has 3 rings (SSSR count). The number of hydrogen-bond donors (Lipinski definition) is 0. The molecule has 2 fully saturated rings. The van der Waals surface area contributed by atoms with Gasteiger partial charge in [-0.25, -0.2) is 9.59 Å². The Morgan fingerprint density at radius 3 is 2.45 bits per heavy atom. The molecule has 1 spiro atoms. The molecule has 2 atom stereocenters. The zero-order valence-electron chi connectivity index (χ0n) is 11.4. The Kier molecular flexibility index (Phi) is 2.50. The van der Waals surface area contributed by atoms with Gasteiger partial charge >= 0.3 is 17.9 Å². The fraction of sp³-hybridized carbons (Fsp3) is 0.615. The van der Waals surface area contributed by atoms with Crippen molar-refractivity contribution in [2.45, 2.75) is 44.6 Å². The Morgan fingerprint density at radius 2 is 1.90 bits per heavy atom. The predicted molar refractivity (Wildman–Crippen MR) is 63.6 cm³/mol. The second kappa shape index (κ2) is 3.82. The first-order chi connectivity index (χ1) is 9.27. The van der Waals surface area contributed by atoms with E-state index in [2.05, 4.69) is 0 Å². The molecule has 0 aromatic heterocycles. The quantitative estimate of drug-likeness (QED) is 0.388. The van der Waals surface area contributed by atoms with E-state index in [0.717, 1.165) is 5.06 Å². The number of carbonyl (C=O) groups is 3. The first-order valence-electron chi connectivity index (χ1n) is 6.40. The number of hydroxylamine groups is 2. The van der Waals surface area contributed by atoms with Crippen LogP contribution in [0.15, 0.2) is 12.2 Å². The van der Waals surface area contributed by atoms with Crippen LogP contribution in [0.25, 0.3) is 0 Å². The standard InChI is InChI=1S/C13H15NO6/c1-7(15)20-14-9-5-4-8(6-9)13(14)10(16)18-12(2,3)19-11(13)17/h4-5,8-9H,6H2,1-3H3/t8-,9+/m0/s1. The summed E-state index contributed by atoms with van der Waals surface area (Å²) in [7, 11) is 0. The lowest BCUT2D eigenvalue weighted by molar-refractivity contribution is -0.279. The zero-order chi connectivity index (χ0) is 14.7. The van der Waals surface area contributed by atoms with E-state index in [1.54, 1.807) is 12.2 Å². The lowest BCUT2D eigenvalue weighted by Crippen LogP contribution is -2.68. The molecule has 7 nitrogen and oxygen atoms in total. The molecule has 0 unspecified atom stereocenters. The molecule has 108 valence electrons. The first kappa shape index (κ1) is 13.1. The monoisotopic (exact) mass is 281 g/mol. The minimum absolute atomic E-state index is 0.315. The van der Waals surface area contributed by atoms with E-state index >= 15 is 0 Å². The SMILES string of the molecule is CC(=O)ON1[C@@H]2C=C[C@@H](C2)C12C(=O)OC(C)(C)OC2=O. The summed E-state index contributed by atoms with van der Waals surface area (Å²) in [6, 6.07) is -0.315. The summed E-state index contributed by atoms with van der Waals surface area (Å²) < 4.78 is 10.4. The van der Waals surface area contributed by atoms with E-state index in [-0.39, 0.29) is 6.04 Å². The van der Waals surface area contributed by atoms with Gasteiger partial charge in [0.15, 0.2) is 0 Å². The van der Waals surface area contributed by atoms with Crippen molar-refractivity contribution in [3.8, 4) is 0 Å². The largest absolute Gasteiger partial charge is 0.421 e. The molecule has 0 amide bonds. The molecule has 1 aliphatic carbocycles. The molecule has 7 heteroatoms. The van der Waals surface area contributed by atoms with Crippen LogP contribution in [0.5, 0.6) is 0 Å². The van der Waals surface area contributed by atoms with Crippen LogP contribution in [0.4, 0.5) is 0 Å². The highest BCUT2D eigenvalue weighted by molar-refractivity contribution is 6.08. The summed E-state index contributed by atoms with van der Waals surface area (Å²) in [5.41, 5.74) is -1.71. The second-order valence-corrected chi connectivity index (χ2v) is 5.65. The Hall–Kier alpha value is -1.89. The molecule has 0 N–H and O–H groups in total.